The van der Waals surface area contributed by atoms with Crippen LogP contribution in [0.3, 0.4) is 0 Å². The molecule has 0 aliphatic heterocycles. The number of ether oxygens (including phenoxy) is 1. The van der Waals surface area contributed by atoms with E-state index in [2.05, 4.69) is 0 Å². The molecule has 0 saturated carbocycles. The monoisotopic (exact) mass is 568 g/mol. The molecule has 4 rings (SSSR count). The third-order valence-corrected chi connectivity index (χ3v) is 7.30. The summed E-state index contributed by atoms with van der Waals surface area (Å²) in [7, 11) is 4.89. The van der Waals surface area contributed by atoms with Gasteiger partial charge in [-0.05, 0) is 54.8 Å². The lowest BCUT2D eigenvalue weighted by molar-refractivity contribution is -0.142. The molecule has 3 amide bonds. The van der Waals surface area contributed by atoms with Gasteiger partial charge < -0.3 is 9.64 Å². The highest BCUT2D eigenvalue weighted by Gasteiger charge is 2.37. The van der Waals surface area contributed by atoms with E-state index in [4.69, 9.17) is 4.74 Å². The molecule has 2 atom stereocenters. The minimum Gasteiger partial charge on any atom is -0.444 e. The Morgan fingerprint density at radius 3 is 1.90 bits per heavy atom. The predicted molar refractivity (Wildman–Crippen MR) is 166 cm³/mol. The Morgan fingerprint density at radius 2 is 1.26 bits per heavy atom. The third kappa shape index (κ3) is 7.37. The molecule has 0 saturated heterocycles. The van der Waals surface area contributed by atoms with Crippen LogP contribution in [-0.2, 0) is 27.2 Å². The Morgan fingerprint density at radius 1 is 0.690 bits per heavy atom. The Hall–Kier alpha value is -4.59. The van der Waals surface area contributed by atoms with Gasteiger partial charge in [-0.1, -0.05) is 72.8 Å². The van der Waals surface area contributed by atoms with Gasteiger partial charge in [0.1, 0.15) is 17.7 Å². The van der Waals surface area contributed by atoms with E-state index < -0.39 is 23.8 Å². The van der Waals surface area contributed by atoms with E-state index in [0.717, 1.165) is 21.9 Å². The molecule has 0 spiro atoms. The number of carbonyl (C=O) groups is 3. The van der Waals surface area contributed by atoms with Gasteiger partial charge in [0.15, 0.2) is 0 Å². The van der Waals surface area contributed by atoms with Crippen molar-refractivity contribution in [1.29, 1.82) is 0 Å². The summed E-state index contributed by atoms with van der Waals surface area (Å²) in [4.78, 5) is 44.3. The highest BCUT2D eigenvalue weighted by molar-refractivity contribution is 5.95. The highest BCUT2D eigenvalue weighted by Crippen LogP contribution is 2.21. The summed E-state index contributed by atoms with van der Waals surface area (Å²) in [6, 6.07) is 25.6. The standard InChI is InChI=1S/C34H40N4O4/c1-34(2,3)42-33(41)36(5)29(24-26-18-19-27-16-10-11-17-28(27)22-26)31(39)35(4)30(23-25-14-8-7-9-15-25)32(40)37(6)38-20-12-13-21-38/h7-22,29-30H,23-24H2,1-6H3/t29-,30-/m1/s1. The number of nitrogens with zero attached hydrogens (tertiary/aromatic N) is 4. The molecular formula is C34H40N4O4. The molecule has 0 unspecified atom stereocenters. The first-order chi connectivity index (χ1) is 19.9. The van der Waals surface area contributed by atoms with Gasteiger partial charge in [0.05, 0.1) is 0 Å². The first-order valence-electron chi connectivity index (χ1n) is 14.1. The number of rotatable bonds is 9. The van der Waals surface area contributed by atoms with Crippen molar-refractivity contribution < 1.29 is 19.1 Å². The molecule has 220 valence electrons. The zero-order chi connectivity index (χ0) is 30.4. The Labute approximate surface area is 248 Å². The van der Waals surface area contributed by atoms with E-state index >= 15 is 0 Å². The molecule has 0 aliphatic rings. The van der Waals surface area contributed by atoms with Crippen LogP contribution in [0, 0.1) is 0 Å². The summed E-state index contributed by atoms with van der Waals surface area (Å²) in [5, 5.41) is 3.62. The quantitative estimate of drug-likeness (QED) is 0.275. The van der Waals surface area contributed by atoms with E-state index in [9.17, 15) is 14.4 Å². The largest absolute Gasteiger partial charge is 0.444 e. The fourth-order valence-corrected chi connectivity index (χ4v) is 4.91. The molecule has 1 heterocycles. The van der Waals surface area contributed by atoms with Gasteiger partial charge in [-0.3, -0.25) is 24.2 Å². The lowest BCUT2D eigenvalue weighted by Gasteiger charge is -2.36. The number of benzene rings is 3. The van der Waals surface area contributed by atoms with Crippen LogP contribution in [0.2, 0.25) is 0 Å². The number of amides is 3. The zero-order valence-electron chi connectivity index (χ0n) is 25.2. The molecule has 0 radical (unpaired) electrons. The maximum atomic E-state index is 14.4. The summed E-state index contributed by atoms with van der Waals surface area (Å²) < 4.78 is 7.33. The van der Waals surface area contributed by atoms with Crippen molar-refractivity contribution in [1.82, 2.24) is 14.5 Å². The first-order valence-corrected chi connectivity index (χ1v) is 14.1. The number of fused-ring (bicyclic) bond motifs is 1. The molecule has 1 aromatic heterocycles. The minimum absolute atomic E-state index is 0.253. The molecule has 0 N–H and O–H groups in total. The Kier molecular flexibility index (Phi) is 9.35. The molecule has 4 aromatic rings. The van der Waals surface area contributed by atoms with Crippen molar-refractivity contribution in [3.8, 4) is 0 Å². The molecule has 0 bridgehead atoms. The molecule has 8 nitrogen and oxygen atoms in total. The van der Waals surface area contributed by atoms with Crippen LogP contribution in [0.4, 0.5) is 4.79 Å². The number of hydrogen-bond acceptors (Lipinski definition) is 4. The van der Waals surface area contributed by atoms with E-state index in [1.54, 1.807) is 59.0 Å². The summed E-state index contributed by atoms with van der Waals surface area (Å²) in [6.07, 6.45) is 3.51. The SMILES string of the molecule is CN(C(=O)OC(C)(C)C)[C@H](Cc1ccc2ccccc2c1)C(=O)N(C)[C@H](Cc1ccccc1)C(=O)N(C)n1cccc1. The van der Waals surface area contributed by atoms with Gasteiger partial charge in [0.2, 0.25) is 5.91 Å². The lowest BCUT2D eigenvalue weighted by atomic mass is 9.98. The van der Waals surface area contributed by atoms with Gasteiger partial charge in [-0.15, -0.1) is 0 Å². The number of carbonyl (C=O) groups excluding carboxylic acids is 3. The Balaban J connectivity index is 1.69. The number of aromatic nitrogens is 1. The van der Waals surface area contributed by atoms with E-state index in [1.807, 2.05) is 84.9 Å². The van der Waals surface area contributed by atoms with Crippen molar-refractivity contribution in [3.63, 3.8) is 0 Å². The van der Waals surface area contributed by atoms with Crippen molar-refractivity contribution in [3.05, 3.63) is 108 Å². The van der Waals surface area contributed by atoms with Crippen LogP contribution in [0.1, 0.15) is 31.9 Å². The van der Waals surface area contributed by atoms with Crippen molar-refractivity contribution in [2.45, 2.75) is 51.3 Å². The lowest BCUT2D eigenvalue weighted by Crippen LogP contribution is -2.57. The minimum atomic E-state index is -0.908. The van der Waals surface area contributed by atoms with E-state index in [-0.39, 0.29) is 18.2 Å². The molecule has 0 fully saturated rings. The first kappa shape index (κ1) is 30.4. The normalized spacial score (nSPS) is 12.8. The van der Waals surface area contributed by atoms with Crippen LogP contribution >= 0.6 is 0 Å². The highest BCUT2D eigenvalue weighted by atomic mass is 16.6. The average molecular weight is 569 g/mol. The van der Waals surface area contributed by atoms with Crippen LogP contribution in [0.15, 0.2) is 97.3 Å². The smallest absolute Gasteiger partial charge is 0.410 e. The molecule has 42 heavy (non-hydrogen) atoms. The van der Waals surface area contributed by atoms with Crippen molar-refractivity contribution in [2.75, 3.05) is 26.2 Å². The number of hydrogen-bond donors (Lipinski definition) is 0. The predicted octanol–water partition coefficient (Wildman–Crippen LogP) is 5.28. The second-order valence-corrected chi connectivity index (χ2v) is 11.6. The molecule has 3 aromatic carbocycles. The van der Waals surface area contributed by atoms with Crippen LogP contribution in [0.25, 0.3) is 10.8 Å². The van der Waals surface area contributed by atoms with Crippen LogP contribution in [0.5, 0.6) is 0 Å². The van der Waals surface area contributed by atoms with Crippen LogP contribution in [-0.4, -0.2) is 71.2 Å². The molecular weight excluding hydrogens is 528 g/mol. The van der Waals surface area contributed by atoms with E-state index in [0.29, 0.717) is 6.42 Å². The zero-order valence-corrected chi connectivity index (χ0v) is 25.2. The van der Waals surface area contributed by atoms with Crippen molar-refractivity contribution in [2.24, 2.45) is 0 Å². The number of likely N-dealkylation sites (N-methyl/N-ethyl adjacent to an activating group) is 3. The average Bonchev–Trinajstić information content (AvgIpc) is 3.52. The summed E-state index contributed by atoms with van der Waals surface area (Å²) in [6.45, 7) is 5.37. The Bertz CT molecular complexity index is 1510. The van der Waals surface area contributed by atoms with Crippen molar-refractivity contribution >= 4 is 28.7 Å². The van der Waals surface area contributed by atoms with Gasteiger partial charge >= 0.3 is 6.09 Å². The maximum Gasteiger partial charge on any atom is 0.410 e. The summed E-state index contributed by atoms with van der Waals surface area (Å²) >= 11 is 0. The van der Waals surface area contributed by atoms with Gasteiger partial charge in [-0.25, -0.2) is 4.79 Å². The fourth-order valence-electron chi connectivity index (χ4n) is 4.91. The second kappa shape index (κ2) is 12.9. The summed E-state index contributed by atoms with van der Waals surface area (Å²) in [5.41, 5.74) is 1.08. The molecule has 8 heteroatoms. The van der Waals surface area contributed by atoms with Gasteiger partial charge in [0, 0.05) is 46.4 Å². The summed E-state index contributed by atoms with van der Waals surface area (Å²) in [5.74, 6) is -0.609. The third-order valence-electron chi connectivity index (χ3n) is 7.30. The molecule has 0 aliphatic carbocycles. The van der Waals surface area contributed by atoms with Crippen LogP contribution < -0.4 is 5.01 Å². The maximum absolute atomic E-state index is 14.4. The van der Waals surface area contributed by atoms with Gasteiger partial charge in [0.25, 0.3) is 5.91 Å². The fraction of sp³-hybridized carbons (Fsp3) is 0.324. The van der Waals surface area contributed by atoms with Gasteiger partial charge in [-0.2, -0.15) is 0 Å². The van der Waals surface area contributed by atoms with E-state index in [1.165, 1.54) is 14.8 Å². The topological polar surface area (TPSA) is 75.1 Å². The second-order valence-electron chi connectivity index (χ2n) is 11.6.